The molecule has 5 heteroatoms. The fourth-order valence-electron chi connectivity index (χ4n) is 2.16. The standard InChI is InChI=1S/C18H21N3O2/c1-15(22)21(14-17-9-5-6-11-19-17)12-10-18(23)20-13-16-7-3-2-4-8-16/h2-9,11H,10,12-14H2,1H3,(H,20,23). The maximum absolute atomic E-state index is 11.9. The summed E-state index contributed by atoms with van der Waals surface area (Å²) in [5.41, 5.74) is 1.87. The molecule has 1 aromatic heterocycles. The lowest BCUT2D eigenvalue weighted by Crippen LogP contribution is -2.33. The van der Waals surface area contributed by atoms with Crippen molar-refractivity contribution in [2.45, 2.75) is 26.4 Å². The Labute approximate surface area is 136 Å². The van der Waals surface area contributed by atoms with E-state index < -0.39 is 0 Å². The first-order chi connectivity index (χ1) is 11.1. The second-order valence-electron chi connectivity index (χ2n) is 5.27. The molecule has 1 aromatic carbocycles. The number of benzene rings is 1. The van der Waals surface area contributed by atoms with Crippen molar-refractivity contribution in [3.05, 3.63) is 66.0 Å². The number of amides is 2. The lowest BCUT2D eigenvalue weighted by atomic mass is 10.2. The highest BCUT2D eigenvalue weighted by Crippen LogP contribution is 2.03. The Morgan fingerprint density at radius 2 is 1.83 bits per heavy atom. The third-order valence-electron chi connectivity index (χ3n) is 3.47. The van der Waals surface area contributed by atoms with Gasteiger partial charge in [-0.05, 0) is 17.7 Å². The largest absolute Gasteiger partial charge is 0.352 e. The molecule has 0 bridgehead atoms. The van der Waals surface area contributed by atoms with Crippen LogP contribution in [0, 0.1) is 0 Å². The van der Waals surface area contributed by atoms with Crippen LogP contribution in [0.1, 0.15) is 24.6 Å². The van der Waals surface area contributed by atoms with Gasteiger partial charge in [0.15, 0.2) is 0 Å². The molecule has 2 amide bonds. The van der Waals surface area contributed by atoms with Crippen LogP contribution < -0.4 is 5.32 Å². The predicted molar refractivity (Wildman–Crippen MR) is 88.2 cm³/mol. The van der Waals surface area contributed by atoms with Crippen LogP contribution in [-0.2, 0) is 22.7 Å². The molecule has 0 fully saturated rings. The number of hydrogen-bond donors (Lipinski definition) is 1. The quantitative estimate of drug-likeness (QED) is 0.852. The van der Waals surface area contributed by atoms with Crippen molar-refractivity contribution in [3.8, 4) is 0 Å². The summed E-state index contributed by atoms with van der Waals surface area (Å²) in [4.78, 5) is 29.5. The smallest absolute Gasteiger partial charge is 0.222 e. The van der Waals surface area contributed by atoms with Gasteiger partial charge in [0, 0.05) is 32.6 Å². The van der Waals surface area contributed by atoms with Crippen molar-refractivity contribution < 1.29 is 9.59 Å². The number of aromatic nitrogens is 1. The molecule has 0 atom stereocenters. The molecule has 0 aliphatic carbocycles. The molecule has 0 radical (unpaired) electrons. The summed E-state index contributed by atoms with van der Waals surface area (Å²) in [7, 11) is 0. The van der Waals surface area contributed by atoms with Gasteiger partial charge >= 0.3 is 0 Å². The molecule has 0 unspecified atom stereocenters. The van der Waals surface area contributed by atoms with Crippen molar-refractivity contribution in [1.82, 2.24) is 15.2 Å². The van der Waals surface area contributed by atoms with Gasteiger partial charge in [0.05, 0.1) is 12.2 Å². The maximum Gasteiger partial charge on any atom is 0.222 e. The summed E-state index contributed by atoms with van der Waals surface area (Å²) in [6.07, 6.45) is 1.97. The number of carbonyl (C=O) groups excluding carboxylic acids is 2. The Bertz CT molecular complexity index is 629. The van der Waals surface area contributed by atoms with Gasteiger partial charge in [-0.1, -0.05) is 36.4 Å². The van der Waals surface area contributed by atoms with E-state index in [1.165, 1.54) is 6.92 Å². The van der Waals surface area contributed by atoms with Crippen molar-refractivity contribution in [2.24, 2.45) is 0 Å². The summed E-state index contributed by atoms with van der Waals surface area (Å²) >= 11 is 0. The van der Waals surface area contributed by atoms with Crippen LogP contribution in [-0.4, -0.2) is 28.2 Å². The lowest BCUT2D eigenvalue weighted by molar-refractivity contribution is -0.130. The van der Waals surface area contributed by atoms with Crippen LogP contribution in [0.5, 0.6) is 0 Å². The number of carbonyl (C=O) groups is 2. The van der Waals surface area contributed by atoms with E-state index in [0.717, 1.165) is 11.3 Å². The van der Waals surface area contributed by atoms with Crippen molar-refractivity contribution >= 4 is 11.8 Å². The highest BCUT2D eigenvalue weighted by molar-refractivity contribution is 5.78. The van der Waals surface area contributed by atoms with Crippen LogP contribution in [0.2, 0.25) is 0 Å². The fraction of sp³-hybridized carbons (Fsp3) is 0.278. The van der Waals surface area contributed by atoms with Gasteiger partial charge in [0.1, 0.15) is 0 Å². The summed E-state index contributed by atoms with van der Waals surface area (Å²) in [6, 6.07) is 15.3. The van der Waals surface area contributed by atoms with Gasteiger partial charge in [0.2, 0.25) is 11.8 Å². The second-order valence-corrected chi connectivity index (χ2v) is 5.27. The molecule has 2 aromatic rings. The monoisotopic (exact) mass is 311 g/mol. The van der Waals surface area contributed by atoms with Gasteiger partial charge in [-0.15, -0.1) is 0 Å². The number of hydrogen-bond acceptors (Lipinski definition) is 3. The van der Waals surface area contributed by atoms with Crippen LogP contribution in [0.25, 0.3) is 0 Å². The Kier molecular flexibility index (Phi) is 6.29. The molecule has 1 N–H and O–H groups in total. The number of nitrogens with one attached hydrogen (secondary N) is 1. The SMILES string of the molecule is CC(=O)N(CCC(=O)NCc1ccccc1)Cc1ccccn1. The first-order valence-electron chi connectivity index (χ1n) is 7.61. The number of nitrogens with zero attached hydrogens (tertiary/aromatic N) is 2. The van der Waals surface area contributed by atoms with Crippen molar-refractivity contribution in [2.75, 3.05) is 6.54 Å². The normalized spacial score (nSPS) is 10.1. The molecule has 2 rings (SSSR count). The number of pyridine rings is 1. The van der Waals surface area contributed by atoms with E-state index in [0.29, 0.717) is 19.6 Å². The lowest BCUT2D eigenvalue weighted by Gasteiger charge is -2.20. The molecule has 0 aliphatic heterocycles. The topological polar surface area (TPSA) is 62.3 Å². The summed E-state index contributed by atoms with van der Waals surface area (Å²) in [5, 5.41) is 2.86. The Morgan fingerprint density at radius 3 is 2.48 bits per heavy atom. The van der Waals surface area contributed by atoms with Crippen LogP contribution >= 0.6 is 0 Å². The highest BCUT2D eigenvalue weighted by atomic mass is 16.2. The van der Waals surface area contributed by atoms with E-state index in [-0.39, 0.29) is 18.2 Å². The molecule has 120 valence electrons. The zero-order valence-electron chi connectivity index (χ0n) is 13.2. The first kappa shape index (κ1) is 16.7. The van der Waals surface area contributed by atoms with E-state index in [9.17, 15) is 9.59 Å². The van der Waals surface area contributed by atoms with Crippen molar-refractivity contribution in [1.29, 1.82) is 0 Å². The fourth-order valence-corrected chi connectivity index (χ4v) is 2.16. The van der Waals surface area contributed by atoms with Gasteiger partial charge in [0.25, 0.3) is 0 Å². The van der Waals surface area contributed by atoms with E-state index >= 15 is 0 Å². The maximum atomic E-state index is 11.9. The molecular weight excluding hydrogens is 290 g/mol. The Hall–Kier alpha value is -2.69. The Balaban J connectivity index is 1.79. The van der Waals surface area contributed by atoms with Crippen LogP contribution in [0.4, 0.5) is 0 Å². The van der Waals surface area contributed by atoms with E-state index in [1.807, 2.05) is 48.5 Å². The zero-order chi connectivity index (χ0) is 16.5. The minimum absolute atomic E-state index is 0.0634. The van der Waals surface area contributed by atoms with E-state index in [4.69, 9.17) is 0 Å². The summed E-state index contributed by atoms with van der Waals surface area (Å²) < 4.78 is 0. The Morgan fingerprint density at radius 1 is 1.09 bits per heavy atom. The minimum Gasteiger partial charge on any atom is -0.352 e. The predicted octanol–water partition coefficient (Wildman–Crippen LogP) is 2.14. The van der Waals surface area contributed by atoms with Crippen LogP contribution in [0.15, 0.2) is 54.7 Å². The molecule has 23 heavy (non-hydrogen) atoms. The first-order valence-corrected chi connectivity index (χ1v) is 7.61. The molecule has 0 saturated heterocycles. The molecule has 5 nitrogen and oxygen atoms in total. The average molecular weight is 311 g/mol. The molecule has 0 aliphatic rings. The summed E-state index contributed by atoms with van der Waals surface area (Å²) in [6.45, 7) is 2.81. The summed E-state index contributed by atoms with van der Waals surface area (Å²) in [5.74, 6) is -0.132. The molecule has 0 spiro atoms. The average Bonchev–Trinajstić information content (AvgIpc) is 2.58. The van der Waals surface area contributed by atoms with E-state index in [1.54, 1.807) is 11.1 Å². The van der Waals surface area contributed by atoms with Crippen LogP contribution in [0.3, 0.4) is 0 Å². The molecule has 0 saturated carbocycles. The van der Waals surface area contributed by atoms with Gasteiger partial charge < -0.3 is 10.2 Å². The minimum atomic E-state index is -0.0684. The van der Waals surface area contributed by atoms with Gasteiger partial charge in [-0.25, -0.2) is 0 Å². The van der Waals surface area contributed by atoms with E-state index in [2.05, 4.69) is 10.3 Å². The zero-order valence-corrected chi connectivity index (χ0v) is 13.2. The molecule has 1 heterocycles. The van der Waals surface area contributed by atoms with Crippen molar-refractivity contribution in [3.63, 3.8) is 0 Å². The second kappa shape index (κ2) is 8.68. The number of rotatable bonds is 7. The highest BCUT2D eigenvalue weighted by Gasteiger charge is 2.12. The third kappa shape index (κ3) is 5.90. The molecular formula is C18H21N3O2. The van der Waals surface area contributed by atoms with Gasteiger partial charge in [-0.3, -0.25) is 14.6 Å². The third-order valence-corrected chi connectivity index (χ3v) is 3.47. The van der Waals surface area contributed by atoms with Gasteiger partial charge in [-0.2, -0.15) is 0 Å².